The van der Waals surface area contributed by atoms with E-state index in [0.717, 1.165) is 17.8 Å². The van der Waals surface area contributed by atoms with Crippen molar-refractivity contribution >= 4 is 17.7 Å². The van der Waals surface area contributed by atoms with Crippen LogP contribution < -0.4 is 0 Å². The fourth-order valence-corrected chi connectivity index (χ4v) is 1.96. The Kier molecular flexibility index (Phi) is 11.9. The van der Waals surface area contributed by atoms with Gasteiger partial charge in [0, 0.05) is 0 Å². The zero-order chi connectivity index (χ0) is 17.7. The molecular weight excluding hydrogens is 304 g/mol. The Hall–Kier alpha value is -1.67. The smallest absolute Gasteiger partial charge is 0.147 e. The fraction of sp³-hybridized carbons (Fsp3) is 0.400. The summed E-state index contributed by atoms with van der Waals surface area (Å²) in [5.74, 6) is 0.613. The van der Waals surface area contributed by atoms with Gasteiger partial charge in [-0.15, -0.1) is 0 Å². The normalized spacial score (nSPS) is 12.4. The highest BCUT2D eigenvalue weighted by Crippen LogP contribution is 2.11. The van der Waals surface area contributed by atoms with Crippen LogP contribution in [0.5, 0.6) is 0 Å². The van der Waals surface area contributed by atoms with E-state index < -0.39 is 0 Å². The summed E-state index contributed by atoms with van der Waals surface area (Å²) in [5.41, 5.74) is 3.23. The summed E-state index contributed by atoms with van der Waals surface area (Å²) in [6, 6.07) is 0. The molecule has 0 N–H and O–H groups in total. The second-order valence-corrected chi connectivity index (χ2v) is 5.61. The standard InChI is InChI=1S/C11H18.C9H11ClN2/c1-5-7-9-11(8-6-2)10(3)4;1-3-5-8-7(4-2)12-9(10)6-11-8/h5-10H,1-4H3;3,5-6H,4H2,1-2H3/b7-5-,8-6-,11-9+;5-3-. The first kappa shape index (κ1) is 21.3. The molecule has 0 aromatic carbocycles. The molecule has 1 heterocycles. The van der Waals surface area contributed by atoms with Crippen molar-refractivity contribution < 1.29 is 0 Å². The zero-order valence-corrected chi connectivity index (χ0v) is 15.9. The molecule has 0 fully saturated rings. The van der Waals surface area contributed by atoms with Crippen LogP contribution in [0.3, 0.4) is 0 Å². The van der Waals surface area contributed by atoms with E-state index >= 15 is 0 Å². The molecular formula is C20H29ClN2. The van der Waals surface area contributed by atoms with Gasteiger partial charge < -0.3 is 0 Å². The van der Waals surface area contributed by atoms with Crippen LogP contribution in [-0.4, -0.2) is 9.97 Å². The topological polar surface area (TPSA) is 25.8 Å². The molecule has 0 saturated carbocycles. The fourth-order valence-electron chi connectivity index (χ4n) is 1.81. The van der Waals surface area contributed by atoms with Crippen molar-refractivity contribution in [2.24, 2.45) is 5.92 Å². The first-order chi connectivity index (χ1) is 11.0. The third-order valence-electron chi connectivity index (χ3n) is 3.01. The molecule has 1 aromatic rings. The van der Waals surface area contributed by atoms with Gasteiger partial charge in [0.15, 0.2) is 0 Å². The van der Waals surface area contributed by atoms with Crippen LogP contribution in [0.4, 0.5) is 0 Å². The molecule has 0 aliphatic rings. The van der Waals surface area contributed by atoms with E-state index in [1.807, 2.05) is 45.9 Å². The van der Waals surface area contributed by atoms with Crippen LogP contribution in [0, 0.1) is 5.92 Å². The van der Waals surface area contributed by atoms with Crippen molar-refractivity contribution in [2.45, 2.75) is 48.0 Å². The Labute approximate surface area is 146 Å². The Morgan fingerprint density at radius 2 is 1.87 bits per heavy atom. The van der Waals surface area contributed by atoms with Gasteiger partial charge in [0.25, 0.3) is 0 Å². The molecule has 23 heavy (non-hydrogen) atoms. The highest BCUT2D eigenvalue weighted by atomic mass is 35.5. The van der Waals surface area contributed by atoms with Crippen molar-refractivity contribution in [3.8, 4) is 0 Å². The zero-order valence-electron chi connectivity index (χ0n) is 15.2. The van der Waals surface area contributed by atoms with E-state index in [-0.39, 0.29) is 0 Å². The van der Waals surface area contributed by atoms with Gasteiger partial charge in [-0.25, -0.2) is 4.98 Å². The average molecular weight is 333 g/mol. The maximum atomic E-state index is 5.70. The minimum Gasteiger partial charge on any atom is -0.252 e. The Bertz CT molecular complexity index is 567. The van der Waals surface area contributed by atoms with Gasteiger partial charge in [-0.2, -0.15) is 0 Å². The number of aromatic nitrogens is 2. The van der Waals surface area contributed by atoms with E-state index in [1.54, 1.807) is 6.20 Å². The molecule has 2 nitrogen and oxygen atoms in total. The monoisotopic (exact) mass is 332 g/mol. The number of nitrogens with zero attached hydrogens (tertiary/aromatic N) is 2. The molecule has 1 aromatic heterocycles. The Morgan fingerprint density at radius 1 is 1.17 bits per heavy atom. The lowest BCUT2D eigenvalue weighted by Gasteiger charge is -2.03. The molecule has 1 rings (SSSR count). The van der Waals surface area contributed by atoms with Gasteiger partial charge in [0.2, 0.25) is 0 Å². The first-order valence-corrected chi connectivity index (χ1v) is 8.47. The lowest BCUT2D eigenvalue weighted by molar-refractivity contribution is 0.791. The molecule has 0 amide bonds. The van der Waals surface area contributed by atoms with Gasteiger partial charge in [-0.05, 0) is 44.8 Å². The maximum absolute atomic E-state index is 5.70. The summed E-state index contributed by atoms with van der Waals surface area (Å²) in [4.78, 5) is 8.32. The number of hydrogen-bond donors (Lipinski definition) is 0. The van der Waals surface area contributed by atoms with E-state index in [2.05, 4.69) is 48.1 Å². The number of allylic oxidation sites excluding steroid dienone is 7. The average Bonchev–Trinajstić information content (AvgIpc) is 2.53. The van der Waals surface area contributed by atoms with E-state index in [4.69, 9.17) is 11.6 Å². The maximum Gasteiger partial charge on any atom is 0.147 e. The lowest BCUT2D eigenvalue weighted by atomic mass is 10.0. The van der Waals surface area contributed by atoms with Crippen molar-refractivity contribution in [1.82, 2.24) is 9.97 Å². The minimum atomic E-state index is 0.458. The van der Waals surface area contributed by atoms with Crippen molar-refractivity contribution in [3.05, 3.63) is 64.8 Å². The summed E-state index contributed by atoms with van der Waals surface area (Å²) in [6.07, 6.45) is 16.8. The first-order valence-electron chi connectivity index (χ1n) is 8.09. The third kappa shape index (κ3) is 9.14. The summed E-state index contributed by atoms with van der Waals surface area (Å²) in [6.45, 7) is 12.5. The molecule has 0 bridgehead atoms. The van der Waals surface area contributed by atoms with Crippen molar-refractivity contribution in [1.29, 1.82) is 0 Å². The predicted octanol–water partition coefficient (Wildman–Crippen LogP) is 6.45. The highest BCUT2D eigenvalue weighted by molar-refractivity contribution is 6.29. The molecule has 0 atom stereocenters. The van der Waals surface area contributed by atoms with Crippen LogP contribution in [-0.2, 0) is 6.42 Å². The molecule has 0 radical (unpaired) electrons. The molecule has 0 unspecified atom stereocenters. The number of rotatable bonds is 5. The van der Waals surface area contributed by atoms with Gasteiger partial charge in [0.05, 0.1) is 17.6 Å². The molecule has 0 spiro atoms. The van der Waals surface area contributed by atoms with Crippen molar-refractivity contribution in [3.63, 3.8) is 0 Å². The summed E-state index contributed by atoms with van der Waals surface area (Å²) in [5, 5.41) is 0.458. The second-order valence-electron chi connectivity index (χ2n) is 5.23. The van der Waals surface area contributed by atoms with Gasteiger partial charge in [-0.1, -0.05) is 68.8 Å². The lowest BCUT2D eigenvalue weighted by Crippen LogP contribution is -1.95. The van der Waals surface area contributed by atoms with E-state index in [9.17, 15) is 0 Å². The Balaban J connectivity index is 0.000000423. The predicted molar refractivity (Wildman–Crippen MR) is 104 cm³/mol. The van der Waals surface area contributed by atoms with E-state index in [0.29, 0.717) is 11.1 Å². The van der Waals surface area contributed by atoms with E-state index in [1.165, 1.54) is 5.57 Å². The van der Waals surface area contributed by atoms with Crippen LogP contribution >= 0.6 is 11.6 Å². The summed E-state index contributed by atoms with van der Waals surface area (Å²) < 4.78 is 0. The Morgan fingerprint density at radius 3 is 2.35 bits per heavy atom. The molecule has 0 saturated heterocycles. The molecule has 3 heteroatoms. The quantitative estimate of drug-likeness (QED) is 0.579. The van der Waals surface area contributed by atoms with Crippen LogP contribution in [0.1, 0.15) is 52.9 Å². The number of aryl methyl sites for hydroxylation is 1. The van der Waals surface area contributed by atoms with Crippen LogP contribution in [0.2, 0.25) is 5.15 Å². The van der Waals surface area contributed by atoms with Crippen LogP contribution in [0.25, 0.3) is 6.08 Å². The van der Waals surface area contributed by atoms with Gasteiger partial charge in [-0.3, -0.25) is 4.98 Å². The number of halogens is 1. The minimum absolute atomic E-state index is 0.458. The molecule has 126 valence electrons. The second kappa shape index (κ2) is 12.8. The third-order valence-corrected chi connectivity index (χ3v) is 3.20. The number of hydrogen-bond acceptors (Lipinski definition) is 2. The molecule has 0 aliphatic heterocycles. The SMILES string of the molecule is C/C=C\c1ncc(Cl)nc1CC.C\C=C/C=C(\C=C/C)C(C)C. The summed E-state index contributed by atoms with van der Waals surface area (Å²) in [7, 11) is 0. The van der Waals surface area contributed by atoms with Gasteiger partial charge in [0.1, 0.15) is 5.15 Å². The largest absolute Gasteiger partial charge is 0.252 e. The summed E-state index contributed by atoms with van der Waals surface area (Å²) >= 11 is 5.70. The highest BCUT2D eigenvalue weighted by Gasteiger charge is 2.00. The molecule has 0 aliphatic carbocycles. The van der Waals surface area contributed by atoms with Crippen LogP contribution in [0.15, 0.2) is 48.2 Å². The van der Waals surface area contributed by atoms with Crippen molar-refractivity contribution in [2.75, 3.05) is 0 Å². The van der Waals surface area contributed by atoms with Gasteiger partial charge >= 0.3 is 0 Å².